The number of methoxy groups -OCH3 is 1. The Hall–Kier alpha value is -4.21. The van der Waals surface area contributed by atoms with Gasteiger partial charge in [0.25, 0.3) is 11.2 Å². The molecule has 1 heterocycles. The molecule has 0 aliphatic carbocycles. The smallest absolute Gasteiger partial charge is 0.325 e. The summed E-state index contributed by atoms with van der Waals surface area (Å²) >= 11 is 0. The van der Waals surface area contributed by atoms with Crippen molar-refractivity contribution < 1.29 is 14.4 Å². The minimum Gasteiger partial charge on any atom is -0.493 e. The third-order valence-corrected chi connectivity index (χ3v) is 3.88. The Morgan fingerprint density at radius 1 is 1.14 bits per heavy atom. The molecule has 0 aliphatic rings. The van der Waals surface area contributed by atoms with Crippen LogP contribution < -0.4 is 20.7 Å². The number of nitro benzene ring substituents is 1. The van der Waals surface area contributed by atoms with Crippen LogP contribution in [0.5, 0.6) is 11.5 Å². The first-order chi connectivity index (χ1) is 14.0. The highest BCUT2D eigenvalue weighted by atomic mass is 16.6. The molecule has 3 rings (SSSR count). The Labute approximate surface area is 163 Å². The SMILES string of the molecule is COc1cc(C=Nc2c[nH]c(=O)[nH]c2=O)ccc1OCc1ccc([N+](=O)[O-])cc1. The molecule has 0 bridgehead atoms. The van der Waals surface area contributed by atoms with E-state index in [0.717, 1.165) is 5.56 Å². The number of nitrogens with zero attached hydrogens (tertiary/aromatic N) is 2. The van der Waals surface area contributed by atoms with Crippen LogP contribution in [0.2, 0.25) is 0 Å². The number of rotatable bonds is 7. The minimum absolute atomic E-state index is 0.0105. The van der Waals surface area contributed by atoms with Crippen molar-refractivity contribution in [2.24, 2.45) is 4.99 Å². The average Bonchev–Trinajstić information content (AvgIpc) is 2.72. The maximum atomic E-state index is 11.6. The second-order valence-electron chi connectivity index (χ2n) is 5.84. The molecule has 0 fully saturated rings. The molecular weight excluding hydrogens is 380 g/mol. The normalized spacial score (nSPS) is 10.8. The number of nitrogens with one attached hydrogen (secondary N) is 2. The van der Waals surface area contributed by atoms with Gasteiger partial charge in [-0.3, -0.25) is 19.9 Å². The van der Waals surface area contributed by atoms with Gasteiger partial charge in [-0.05, 0) is 41.5 Å². The lowest BCUT2D eigenvalue weighted by Gasteiger charge is -2.11. The van der Waals surface area contributed by atoms with E-state index in [9.17, 15) is 19.7 Å². The van der Waals surface area contributed by atoms with Crippen LogP contribution in [0.4, 0.5) is 11.4 Å². The van der Waals surface area contributed by atoms with Gasteiger partial charge in [-0.15, -0.1) is 0 Å². The largest absolute Gasteiger partial charge is 0.493 e. The molecule has 0 saturated carbocycles. The monoisotopic (exact) mass is 396 g/mol. The van der Waals surface area contributed by atoms with E-state index in [-0.39, 0.29) is 18.0 Å². The third-order valence-electron chi connectivity index (χ3n) is 3.88. The average molecular weight is 396 g/mol. The summed E-state index contributed by atoms with van der Waals surface area (Å²) in [4.78, 5) is 41.4. The predicted molar refractivity (Wildman–Crippen MR) is 105 cm³/mol. The Bertz CT molecular complexity index is 1160. The molecule has 0 radical (unpaired) electrons. The first-order valence-corrected chi connectivity index (χ1v) is 8.36. The van der Waals surface area contributed by atoms with Gasteiger partial charge in [0.1, 0.15) is 12.3 Å². The number of hydrogen-bond donors (Lipinski definition) is 2. The van der Waals surface area contributed by atoms with Crippen molar-refractivity contribution in [1.82, 2.24) is 9.97 Å². The highest BCUT2D eigenvalue weighted by Gasteiger charge is 2.08. The third kappa shape index (κ3) is 4.95. The zero-order valence-electron chi connectivity index (χ0n) is 15.2. The molecule has 1 aromatic heterocycles. The number of aromatic amines is 2. The van der Waals surface area contributed by atoms with Crippen LogP contribution in [0.3, 0.4) is 0 Å². The Morgan fingerprint density at radius 2 is 1.90 bits per heavy atom. The van der Waals surface area contributed by atoms with Crippen LogP contribution in [-0.2, 0) is 6.61 Å². The number of nitro groups is 1. The van der Waals surface area contributed by atoms with Crippen LogP contribution in [-0.4, -0.2) is 28.2 Å². The van der Waals surface area contributed by atoms with Crippen LogP contribution in [0.1, 0.15) is 11.1 Å². The quantitative estimate of drug-likeness (QED) is 0.357. The lowest BCUT2D eigenvalue weighted by atomic mass is 10.2. The van der Waals surface area contributed by atoms with Crippen LogP contribution in [0.15, 0.2) is 63.2 Å². The molecule has 0 atom stereocenters. The summed E-state index contributed by atoms with van der Waals surface area (Å²) in [7, 11) is 1.49. The van der Waals surface area contributed by atoms with Crippen LogP contribution >= 0.6 is 0 Å². The van der Waals surface area contributed by atoms with Gasteiger partial charge in [0, 0.05) is 24.5 Å². The Balaban J connectivity index is 1.72. The van der Waals surface area contributed by atoms with Gasteiger partial charge in [-0.2, -0.15) is 0 Å². The molecule has 0 saturated heterocycles. The number of aliphatic imine (C=N–C) groups is 1. The van der Waals surface area contributed by atoms with Crippen molar-refractivity contribution >= 4 is 17.6 Å². The van der Waals surface area contributed by atoms with Gasteiger partial charge in [-0.1, -0.05) is 0 Å². The molecule has 29 heavy (non-hydrogen) atoms. The zero-order chi connectivity index (χ0) is 20.8. The van der Waals surface area contributed by atoms with Gasteiger partial charge in [0.2, 0.25) is 0 Å². The van der Waals surface area contributed by atoms with E-state index in [4.69, 9.17) is 9.47 Å². The molecule has 148 valence electrons. The lowest BCUT2D eigenvalue weighted by molar-refractivity contribution is -0.384. The summed E-state index contributed by atoms with van der Waals surface area (Å²) in [5.74, 6) is 0.927. The summed E-state index contributed by atoms with van der Waals surface area (Å²) in [6, 6.07) is 11.1. The van der Waals surface area contributed by atoms with Gasteiger partial charge in [0.15, 0.2) is 11.5 Å². The number of aromatic nitrogens is 2. The van der Waals surface area contributed by atoms with E-state index >= 15 is 0 Å². The van der Waals surface area contributed by atoms with Crippen molar-refractivity contribution in [2.75, 3.05) is 7.11 Å². The number of H-pyrrole nitrogens is 2. The molecular formula is C19H16N4O6. The standard InChI is InChI=1S/C19H16N4O6/c1-28-17-8-13(9-20-15-10-21-19(25)22-18(15)24)4-7-16(17)29-11-12-2-5-14(6-3-12)23(26)27/h2-10H,11H2,1H3,(H2,21,22,24,25). The lowest BCUT2D eigenvalue weighted by Crippen LogP contribution is -2.20. The van der Waals surface area contributed by atoms with E-state index in [0.29, 0.717) is 17.1 Å². The molecule has 10 nitrogen and oxygen atoms in total. The molecule has 2 N–H and O–H groups in total. The maximum Gasteiger partial charge on any atom is 0.325 e. The predicted octanol–water partition coefficient (Wildman–Crippen LogP) is 2.31. The van der Waals surface area contributed by atoms with Crippen molar-refractivity contribution in [1.29, 1.82) is 0 Å². The van der Waals surface area contributed by atoms with Crippen molar-refractivity contribution in [2.45, 2.75) is 6.61 Å². The van der Waals surface area contributed by atoms with Crippen molar-refractivity contribution in [3.05, 3.63) is 90.7 Å². The van der Waals surface area contributed by atoms with Crippen LogP contribution in [0.25, 0.3) is 0 Å². The van der Waals surface area contributed by atoms with Gasteiger partial charge in [-0.25, -0.2) is 9.79 Å². The number of non-ortho nitro benzene ring substituents is 1. The summed E-state index contributed by atoms with van der Waals surface area (Å²) in [5.41, 5.74) is 0.277. The summed E-state index contributed by atoms with van der Waals surface area (Å²) in [5, 5.41) is 10.7. The van der Waals surface area contributed by atoms with Crippen molar-refractivity contribution in [3.8, 4) is 11.5 Å². The summed E-state index contributed by atoms with van der Waals surface area (Å²) < 4.78 is 11.1. The van der Waals surface area contributed by atoms with E-state index in [1.165, 1.54) is 31.7 Å². The summed E-state index contributed by atoms with van der Waals surface area (Å²) in [6.45, 7) is 0.203. The fourth-order valence-electron chi connectivity index (χ4n) is 2.40. The van der Waals surface area contributed by atoms with E-state index in [1.54, 1.807) is 30.3 Å². The Morgan fingerprint density at radius 3 is 2.55 bits per heavy atom. The highest BCUT2D eigenvalue weighted by Crippen LogP contribution is 2.28. The number of ether oxygens (including phenoxy) is 2. The molecule has 10 heteroatoms. The van der Waals surface area contributed by atoms with E-state index < -0.39 is 16.2 Å². The topological polar surface area (TPSA) is 140 Å². The molecule has 0 aliphatic heterocycles. The highest BCUT2D eigenvalue weighted by molar-refractivity contribution is 5.82. The molecule has 0 unspecified atom stereocenters. The van der Waals surface area contributed by atoms with Gasteiger partial charge < -0.3 is 14.5 Å². The fourth-order valence-corrected chi connectivity index (χ4v) is 2.40. The zero-order valence-corrected chi connectivity index (χ0v) is 15.2. The summed E-state index contributed by atoms with van der Waals surface area (Å²) in [6.07, 6.45) is 2.67. The van der Waals surface area contributed by atoms with Crippen molar-refractivity contribution in [3.63, 3.8) is 0 Å². The van der Waals surface area contributed by atoms with E-state index in [1.807, 2.05) is 0 Å². The number of hydrogen-bond acceptors (Lipinski definition) is 7. The second kappa shape index (κ2) is 8.65. The van der Waals surface area contributed by atoms with E-state index in [2.05, 4.69) is 15.0 Å². The van der Waals surface area contributed by atoms with Gasteiger partial charge in [0.05, 0.1) is 12.0 Å². The first-order valence-electron chi connectivity index (χ1n) is 8.36. The fraction of sp³-hybridized carbons (Fsp3) is 0.105. The Kier molecular flexibility index (Phi) is 5.83. The molecule has 3 aromatic rings. The minimum atomic E-state index is -0.606. The molecule has 2 aromatic carbocycles. The molecule has 0 amide bonds. The van der Waals surface area contributed by atoms with Gasteiger partial charge >= 0.3 is 5.69 Å². The first kappa shape index (κ1) is 19.5. The number of benzene rings is 2. The maximum absolute atomic E-state index is 11.6. The molecule has 0 spiro atoms. The second-order valence-corrected chi connectivity index (χ2v) is 5.84. The van der Waals surface area contributed by atoms with Crippen LogP contribution in [0, 0.1) is 10.1 Å².